The van der Waals surface area contributed by atoms with Gasteiger partial charge in [0.25, 0.3) is 0 Å². The number of hydrogen-bond acceptors (Lipinski definition) is 2. The standard InChI is InChI=1S/C8H5F4NO/c9-7-3-5(4-13-14)1-2-6(7)8(10,11)12/h1-4,14H. The molecule has 1 N–H and O–H groups in total. The largest absolute Gasteiger partial charge is 0.419 e. The van der Waals surface area contributed by atoms with Gasteiger partial charge in [0.2, 0.25) is 0 Å². The maximum Gasteiger partial charge on any atom is 0.419 e. The van der Waals surface area contributed by atoms with Crippen LogP contribution in [0, 0.1) is 5.82 Å². The zero-order valence-corrected chi connectivity index (χ0v) is 6.72. The maximum atomic E-state index is 12.8. The van der Waals surface area contributed by atoms with Crippen LogP contribution in [-0.2, 0) is 6.18 Å². The smallest absolute Gasteiger partial charge is 0.411 e. The van der Waals surface area contributed by atoms with E-state index in [0.29, 0.717) is 12.1 Å². The molecule has 1 aromatic rings. The van der Waals surface area contributed by atoms with Gasteiger partial charge in [-0.2, -0.15) is 13.2 Å². The SMILES string of the molecule is ON=Cc1ccc(C(F)(F)F)c(F)c1. The minimum atomic E-state index is -4.71. The quantitative estimate of drug-likeness (QED) is 0.326. The molecule has 0 saturated carbocycles. The number of halogens is 4. The lowest BCUT2D eigenvalue weighted by atomic mass is 10.1. The van der Waals surface area contributed by atoms with Gasteiger partial charge in [-0.15, -0.1) is 0 Å². The van der Waals surface area contributed by atoms with Crippen LogP contribution in [0.4, 0.5) is 17.6 Å². The molecule has 0 aliphatic carbocycles. The van der Waals surface area contributed by atoms with Crippen molar-refractivity contribution in [2.75, 3.05) is 0 Å². The molecule has 1 aromatic carbocycles. The Hall–Kier alpha value is -1.59. The number of oxime groups is 1. The highest BCUT2D eigenvalue weighted by Crippen LogP contribution is 2.31. The minimum Gasteiger partial charge on any atom is -0.411 e. The van der Waals surface area contributed by atoms with Crippen molar-refractivity contribution in [2.45, 2.75) is 6.18 Å². The summed E-state index contributed by atoms with van der Waals surface area (Å²) in [6.07, 6.45) is -3.87. The molecule has 0 amide bonds. The normalized spacial score (nSPS) is 12.3. The fourth-order valence-electron chi connectivity index (χ4n) is 0.908. The number of rotatable bonds is 1. The highest BCUT2D eigenvalue weighted by Gasteiger charge is 2.33. The third-order valence-corrected chi connectivity index (χ3v) is 1.51. The molecule has 0 atom stereocenters. The number of nitrogens with zero attached hydrogens (tertiary/aromatic N) is 1. The van der Waals surface area contributed by atoms with Gasteiger partial charge in [-0.1, -0.05) is 11.2 Å². The van der Waals surface area contributed by atoms with E-state index < -0.39 is 17.6 Å². The number of hydrogen-bond donors (Lipinski definition) is 1. The number of benzene rings is 1. The van der Waals surface area contributed by atoms with Gasteiger partial charge < -0.3 is 5.21 Å². The van der Waals surface area contributed by atoms with Crippen molar-refractivity contribution in [2.24, 2.45) is 5.16 Å². The topological polar surface area (TPSA) is 32.6 Å². The van der Waals surface area contributed by atoms with Gasteiger partial charge in [0.15, 0.2) is 0 Å². The van der Waals surface area contributed by atoms with Crippen molar-refractivity contribution in [1.82, 2.24) is 0 Å². The van der Waals surface area contributed by atoms with E-state index in [1.165, 1.54) is 0 Å². The lowest BCUT2D eigenvalue weighted by Crippen LogP contribution is -2.08. The van der Waals surface area contributed by atoms with E-state index in [9.17, 15) is 17.6 Å². The molecule has 2 nitrogen and oxygen atoms in total. The molecule has 0 aliphatic rings. The molecule has 76 valence electrons. The van der Waals surface area contributed by atoms with Crippen molar-refractivity contribution in [1.29, 1.82) is 0 Å². The molecule has 0 unspecified atom stereocenters. The van der Waals surface area contributed by atoms with Gasteiger partial charge in [0.1, 0.15) is 5.82 Å². The van der Waals surface area contributed by atoms with Crippen LogP contribution in [0.3, 0.4) is 0 Å². The van der Waals surface area contributed by atoms with Crippen LogP contribution in [-0.4, -0.2) is 11.4 Å². The highest BCUT2D eigenvalue weighted by atomic mass is 19.4. The Labute approximate surface area is 76.5 Å². The van der Waals surface area contributed by atoms with E-state index in [1.807, 2.05) is 0 Å². The molecule has 0 spiro atoms. The summed E-state index contributed by atoms with van der Waals surface area (Å²) in [5, 5.41) is 10.6. The molecule has 0 fully saturated rings. The Kier molecular flexibility index (Phi) is 2.73. The van der Waals surface area contributed by atoms with Crippen molar-refractivity contribution >= 4 is 6.21 Å². The monoisotopic (exact) mass is 207 g/mol. The Balaban J connectivity index is 3.14. The Morgan fingerprint density at radius 3 is 2.36 bits per heavy atom. The molecule has 1 rings (SSSR count). The fourth-order valence-corrected chi connectivity index (χ4v) is 0.908. The first-order valence-electron chi connectivity index (χ1n) is 3.49. The van der Waals surface area contributed by atoms with Gasteiger partial charge >= 0.3 is 6.18 Å². The third kappa shape index (κ3) is 2.21. The summed E-state index contributed by atoms with van der Waals surface area (Å²) >= 11 is 0. The average molecular weight is 207 g/mol. The third-order valence-electron chi connectivity index (χ3n) is 1.51. The van der Waals surface area contributed by atoms with E-state index in [-0.39, 0.29) is 5.56 Å². The van der Waals surface area contributed by atoms with E-state index in [0.717, 1.165) is 12.3 Å². The van der Waals surface area contributed by atoms with Gasteiger partial charge in [0, 0.05) is 0 Å². The molecule has 0 saturated heterocycles. The second-order valence-electron chi connectivity index (χ2n) is 2.48. The molecule has 0 heterocycles. The first kappa shape index (κ1) is 10.5. The summed E-state index contributed by atoms with van der Waals surface area (Å²) in [5.74, 6) is -1.39. The van der Waals surface area contributed by atoms with Crippen molar-refractivity contribution in [3.8, 4) is 0 Å². The van der Waals surface area contributed by atoms with Crippen LogP contribution in [0.5, 0.6) is 0 Å². The predicted octanol–water partition coefficient (Wildman–Crippen LogP) is 2.65. The van der Waals surface area contributed by atoms with E-state index in [4.69, 9.17) is 5.21 Å². The number of alkyl halides is 3. The van der Waals surface area contributed by atoms with Crippen molar-refractivity contribution in [3.05, 3.63) is 35.1 Å². The molecule has 0 aromatic heterocycles. The van der Waals surface area contributed by atoms with Crippen LogP contribution in [0.1, 0.15) is 11.1 Å². The summed E-state index contributed by atoms with van der Waals surface area (Å²) in [6.45, 7) is 0. The van der Waals surface area contributed by atoms with Crippen molar-refractivity contribution in [3.63, 3.8) is 0 Å². The Bertz CT molecular complexity index is 359. The molecule has 14 heavy (non-hydrogen) atoms. The second-order valence-corrected chi connectivity index (χ2v) is 2.48. The Morgan fingerprint density at radius 1 is 1.29 bits per heavy atom. The molecule has 0 radical (unpaired) electrons. The van der Waals surface area contributed by atoms with Gasteiger partial charge in [-0.3, -0.25) is 0 Å². The second kappa shape index (κ2) is 3.65. The molecule has 6 heteroatoms. The van der Waals surface area contributed by atoms with E-state index in [1.54, 1.807) is 0 Å². The maximum absolute atomic E-state index is 12.8. The van der Waals surface area contributed by atoms with Crippen LogP contribution in [0.25, 0.3) is 0 Å². The van der Waals surface area contributed by atoms with E-state index in [2.05, 4.69) is 5.16 Å². The average Bonchev–Trinajstić information content (AvgIpc) is 2.02. The summed E-state index contributed by atoms with van der Waals surface area (Å²) in [6, 6.07) is 2.24. The fraction of sp³-hybridized carbons (Fsp3) is 0.125. The lowest BCUT2D eigenvalue weighted by Gasteiger charge is -2.07. The molecule has 0 bridgehead atoms. The first-order chi connectivity index (χ1) is 6.45. The van der Waals surface area contributed by atoms with Crippen LogP contribution < -0.4 is 0 Å². The lowest BCUT2D eigenvalue weighted by molar-refractivity contribution is -0.140. The van der Waals surface area contributed by atoms with Gasteiger partial charge in [-0.25, -0.2) is 4.39 Å². The van der Waals surface area contributed by atoms with Crippen molar-refractivity contribution < 1.29 is 22.8 Å². The van der Waals surface area contributed by atoms with Gasteiger partial charge in [-0.05, 0) is 17.7 Å². The van der Waals surface area contributed by atoms with Crippen LogP contribution in [0.15, 0.2) is 23.4 Å². The van der Waals surface area contributed by atoms with Crippen LogP contribution in [0.2, 0.25) is 0 Å². The summed E-state index contributed by atoms with van der Waals surface area (Å²) < 4.78 is 48.9. The zero-order chi connectivity index (χ0) is 10.8. The summed E-state index contributed by atoms with van der Waals surface area (Å²) in [7, 11) is 0. The molecule has 0 aliphatic heterocycles. The first-order valence-corrected chi connectivity index (χ1v) is 3.49. The predicted molar refractivity (Wildman–Crippen MR) is 40.8 cm³/mol. The summed E-state index contributed by atoms with van der Waals surface area (Å²) in [5.41, 5.74) is -1.29. The summed E-state index contributed by atoms with van der Waals surface area (Å²) in [4.78, 5) is 0. The highest BCUT2D eigenvalue weighted by molar-refractivity contribution is 5.79. The molecular weight excluding hydrogens is 202 g/mol. The molecular formula is C8H5F4NO. The Morgan fingerprint density at radius 2 is 1.93 bits per heavy atom. The van der Waals surface area contributed by atoms with Crippen LogP contribution >= 0.6 is 0 Å². The minimum absolute atomic E-state index is 0.0537. The van der Waals surface area contributed by atoms with Gasteiger partial charge in [0.05, 0.1) is 11.8 Å². The zero-order valence-electron chi connectivity index (χ0n) is 6.72. The van der Waals surface area contributed by atoms with E-state index >= 15 is 0 Å².